The number of methoxy groups -OCH3 is 1. The van der Waals surface area contributed by atoms with Crippen molar-refractivity contribution in [1.29, 1.82) is 0 Å². The Hall–Kier alpha value is -2.56. The van der Waals surface area contributed by atoms with Crippen LogP contribution in [-0.4, -0.2) is 27.1 Å². The Morgan fingerprint density at radius 2 is 1.86 bits per heavy atom. The van der Waals surface area contributed by atoms with E-state index in [-0.39, 0.29) is 5.56 Å². The molecular formula is C17H19FN2O2. The van der Waals surface area contributed by atoms with Gasteiger partial charge in [-0.25, -0.2) is 4.39 Å². The maximum atomic E-state index is 13.8. The molecule has 0 spiro atoms. The molecular weight excluding hydrogens is 283 g/mol. The minimum absolute atomic E-state index is 0.00529. The zero-order valence-electron chi connectivity index (χ0n) is 12.9. The first kappa shape index (κ1) is 15.8. The monoisotopic (exact) mass is 302 g/mol. The van der Waals surface area contributed by atoms with E-state index in [1.165, 1.54) is 19.2 Å². The van der Waals surface area contributed by atoms with Crippen LogP contribution in [0.3, 0.4) is 0 Å². The van der Waals surface area contributed by atoms with E-state index in [1.54, 1.807) is 6.07 Å². The van der Waals surface area contributed by atoms with Crippen molar-refractivity contribution in [3.05, 3.63) is 59.4 Å². The number of anilines is 1. The number of carbonyl (C=O) groups excluding carboxylic acids is 1. The number of ether oxygens (including phenoxy) is 1. The maximum Gasteiger partial charge on any atom is 0.254 e. The van der Waals surface area contributed by atoms with Crippen LogP contribution >= 0.6 is 0 Å². The lowest BCUT2D eigenvalue weighted by molar-refractivity contribution is 0.0947. The Labute approximate surface area is 129 Å². The minimum Gasteiger partial charge on any atom is -0.497 e. The summed E-state index contributed by atoms with van der Waals surface area (Å²) in [6.07, 6.45) is 0. The highest BCUT2D eigenvalue weighted by Crippen LogP contribution is 2.16. The molecule has 0 atom stereocenters. The molecule has 4 nitrogen and oxygen atoms in total. The van der Waals surface area contributed by atoms with Crippen molar-refractivity contribution in [3.63, 3.8) is 0 Å². The van der Waals surface area contributed by atoms with Gasteiger partial charge in [-0.05, 0) is 29.8 Å². The molecule has 0 bridgehead atoms. The molecule has 0 aliphatic carbocycles. The molecule has 2 aromatic carbocycles. The predicted octanol–water partition coefficient (Wildman–Crippen LogP) is 2.83. The fourth-order valence-electron chi connectivity index (χ4n) is 2.00. The summed E-state index contributed by atoms with van der Waals surface area (Å²) in [4.78, 5) is 14.0. The topological polar surface area (TPSA) is 41.6 Å². The van der Waals surface area contributed by atoms with Gasteiger partial charge in [-0.2, -0.15) is 0 Å². The molecule has 2 aromatic rings. The zero-order valence-corrected chi connectivity index (χ0v) is 12.9. The van der Waals surface area contributed by atoms with Crippen molar-refractivity contribution < 1.29 is 13.9 Å². The summed E-state index contributed by atoms with van der Waals surface area (Å²) in [7, 11) is 5.37. The largest absolute Gasteiger partial charge is 0.497 e. The summed E-state index contributed by atoms with van der Waals surface area (Å²) < 4.78 is 18.7. The van der Waals surface area contributed by atoms with E-state index in [0.717, 1.165) is 11.3 Å². The Morgan fingerprint density at radius 3 is 2.41 bits per heavy atom. The average molecular weight is 302 g/mol. The van der Waals surface area contributed by atoms with Gasteiger partial charge >= 0.3 is 0 Å². The summed E-state index contributed by atoms with van der Waals surface area (Å²) >= 11 is 0. The standard InChI is InChI=1S/C17H19FN2O2/c1-20(2)13-6-4-12(5-7-13)11-19-17(21)15-9-8-14(22-3)10-16(15)18/h4-10H,11H2,1-3H3,(H,19,21). The van der Waals surface area contributed by atoms with E-state index >= 15 is 0 Å². The van der Waals surface area contributed by atoms with E-state index in [4.69, 9.17) is 4.74 Å². The molecule has 116 valence electrons. The van der Waals surface area contributed by atoms with Crippen LogP contribution in [0.15, 0.2) is 42.5 Å². The van der Waals surface area contributed by atoms with Gasteiger partial charge in [-0.3, -0.25) is 4.79 Å². The van der Waals surface area contributed by atoms with Gasteiger partial charge in [0.1, 0.15) is 11.6 Å². The highest BCUT2D eigenvalue weighted by molar-refractivity contribution is 5.94. The van der Waals surface area contributed by atoms with Crippen molar-refractivity contribution in [2.24, 2.45) is 0 Å². The molecule has 0 unspecified atom stereocenters. The first-order valence-electron chi connectivity index (χ1n) is 6.89. The van der Waals surface area contributed by atoms with E-state index in [2.05, 4.69) is 5.32 Å². The quantitative estimate of drug-likeness (QED) is 0.923. The lowest BCUT2D eigenvalue weighted by Gasteiger charge is -2.13. The van der Waals surface area contributed by atoms with Gasteiger partial charge in [-0.1, -0.05) is 12.1 Å². The molecule has 0 heterocycles. The average Bonchev–Trinajstić information content (AvgIpc) is 2.52. The van der Waals surface area contributed by atoms with Crippen LogP contribution in [0.25, 0.3) is 0 Å². The Kier molecular flexibility index (Phi) is 4.99. The van der Waals surface area contributed by atoms with Gasteiger partial charge in [0, 0.05) is 32.4 Å². The summed E-state index contributed by atoms with van der Waals surface area (Å²) in [5, 5.41) is 2.71. The van der Waals surface area contributed by atoms with Gasteiger partial charge in [0.05, 0.1) is 12.7 Å². The molecule has 2 rings (SSSR count). The van der Waals surface area contributed by atoms with Crippen LogP contribution in [0.5, 0.6) is 5.75 Å². The molecule has 0 saturated heterocycles. The van der Waals surface area contributed by atoms with Gasteiger partial charge in [0.25, 0.3) is 5.91 Å². The highest BCUT2D eigenvalue weighted by atomic mass is 19.1. The predicted molar refractivity (Wildman–Crippen MR) is 84.9 cm³/mol. The molecule has 1 N–H and O–H groups in total. The van der Waals surface area contributed by atoms with Crippen molar-refractivity contribution >= 4 is 11.6 Å². The van der Waals surface area contributed by atoms with Crippen LogP contribution in [0.4, 0.5) is 10.1 Å². The molecule has 0 aliphatic heterocycles. The number of hydrogen-bond donors (Lipinski definition) is 1. The maximum absolute atomic E-state index is 13.8. The summed E-state index contributed by atoms with van der Waals surface area (Å²) in [5.41, 5.74) is 2.04. The van der Waals surface area contributed by atoms with E-state index in [9.17, 15) is 9.18 Å². The molecule has 0 radical (unpaired) electrons. The zero-order chi connectivity index (χ0) is 16.1. The molecule has 22 heavy (non-hydrogen) atoms. The number of nitrogens with one attached hydrogen (secondary N) is 1. The number of hydrogen-bond acceptors (Lipinski definition) is 3. The normalized spacial score (nSPS) is 10.2. The van der Waals surface area contributed by atoms with Crippen molar-refractivity contribution in [3.8, 4) is 5.75 Å². The fourth-order valence-corrected chi connectivity index (χ4v) is 2.00. The third kappa shape index (κ3) is 3.75. The number of benzene rings is 2. The number of amides is 1. The first-order valence-corrected chi connectivity index (χ1v) is 6.89. The molecule has 1 amide bonds. The van der Waals surface area contributed by atoms with Gasteiger partial charge in [0.15, 0.2) is 0 Å². The van der Waals surface area contributed by atoms with Crippen LogP contribution in [-0.2, 0) is 6.54 Å². The SMILES string of the molecule is COc1ccc(C(=O)NCc2ccc(N(C)C)cc2)c(F)c1. The fraction of sp³-hybridized carbons (Fsp3) is 0.235. The molecule has 0 aromatic heterocycles. The summed E-state index contributed by atoms with van der Waals surface area (Å²) in [6, 6.07) is 12.0. The summed E-state index contributed by atoms with van der Waals surface area (Å²) in [6.45, 7) is 0.345. The highest BCUT2D eigenvalue weighted by Gasteiger charge is 2.12. The minimum atomic E-state index is -0.597. The lowest BCUT2D eigenvalue weighted by Crippen LogP contribution is -2.23. The van der Waals surface area contributed by atoms with Crippen molar-refractivity contribution in [2.45, 2.75) is 6.54 Å². The second-order valence-electron chi connectivity index (χ2n) is 5.09. The first-order chi connectivity index (χ1) is 10.5. The smallest absolute Gasteiger partial charge is 0.254 e. The second kappa shape index (κ2) is 6.93. The number of rotatable bonds is 5. The van der Waals surface area contributed by atoms with E-state index in [0.29, 0.717) is 12.3 Å². The number of carbonyl (C=O) groups is 1. The molecule has 5 heteroatoms. The van der Waals surface area contributed by atoms with E-state index in [1.807, 2.05) is 43.3 Å². The van der Waals surface area contributed by atoms with Crippen LogP contribution < -0.4 is 15.0 Å². The third-order valence-electron chi connectivity index (χ3n) is 3.33. The van der Waals surface area contributed by atoms with Gasteiger partial charge < -0.3 is 15.0 Å². The second-order valence-corrected chi connectivity index (χ2v) is 5.09. The Morgan fingerprint density at radius 1 is 1.18 bits per heavy atom. The summed E-state index contributed by atoms with van der Waals surface area (Å²) in [5.74, 6) is -0.662. The van der Waals surface area contributed by atoms with Crippen LogP contribution in [0.2, 0.25) is 0 Å². The Balaban J connectivity index is 2.00. The molecule has 0 aliphatic rings. The number of halogens is 1. The van der Waals surface area contributed by atoms with E-state index < -0.39 is 11.7 Å². The van der Waals surface area contributed by atoms with Crippen LogP contribution in [0.1, 0.15) is 15.9 Å². The van der Waals surface area contributed by atoms with Gasteiger partial charge in [-0.15, -0.1) is 0 Å². The third-order valence-corrected chi connectivity index (χ3v) is 3.33. The molecule has 0 fully saturated rings. The lowest BCUT2D eigenvalue weighted by atomic mass is 10.1. The number of nitrogens with zero attached hydrogens (tertiary/aromatic N) is 1. The molecule has 0 saturated carbocycles. The van der Waals surface area contributed by atoms with Crippen molar-refractivity contribution in [1.82, 2.24) is 5.32 Å². The van der Waals surface area contributed by atoms with Crippen molar-refractivity contribution in [2.75, 3.05) is 26.1 Å². The Bertz CT molecular complexity index is 654. The van der Waals surface area contributed by atoms with Gasteiger partial charge in [0.2, 0.25) is 0 Å². The van der Waals surface area contributed by atoms with Crippen LogP contribution in [0, 0.1) is 5.82 Å².